The van der Waals surface area contributed by atoms with Gasteiger partial charge in [-0.15, -0.1) is 6.42 Å². The number of ketones is 1. The molecule has 0 spiro atoms. The maximum absolute atomic E-state index is 11.3. The van der Waals surface area contributed by atoms with Crippen molar-refractivity contribution in [3.05, 3.63) is 22.5 Å². The number of hydrogen-bond donors (Lipinski definition) is 1. The average molecular weight is 333 g/mol. The van der Waals surface area contributed by atoms with E-state index in [1.54, 1.807) is 6.20 Å². The van der Waals surface area contributed by atoms with Gasteiger partial charge in [0.2, 0.25) is 0 Å². The fourth-order valence-corrected chi connectivity index (χ4v) is 2.96. The Kier molecular flexibility index (Phi) is 3.49. The minimum Gasteiger partial charge on any atom is -0.446 e. The number of halogens is 1. The van der Waals surface area contributed by atoms with Gasteiger partial charge in [0, 0.05) is 30.3 Å². The Balaban J connectivity index is 1.86. The molecular weight excluding hydrogens is 320 g/mol. The highest BCUT2D eigenvalue weighted by atomic mass is 79.9. The van der Waals surface area contributed by atoms with Crippen molar-refractivity contribution in [1.82, 2.24) is 4.98 Å². The number of furan rings is 1. The lowest BCUT2D eigenvalue weighted by atomic mass is 9.94. The number of terminal acetylenes is 1. The first-order valence-corrected chi connectivity index (χ1v) is 7.29. The topological polar surface area (TPSA) is 55.1 Å². The predicted octanol–water partition coefficient (Wildman–Crippen LogP) is 3.50. The summed E-state index contributed by atoms with van der Waals surface area (Å²) < 4.78 is 6.30. The lowest BCUT2D eigenvalue weighted by Gasteiger charge is -2.23. The van der Waals surface area contributed by atoms with Crippen molar-refractivity contribution in [2.45, 2.75) is 31.7 Å². The average Bonchev–Trinajstić information content (AvgIpc) is 2.88. The summed E-state index contributed by atoms with van der Waals surface area (Å²) in [5, 5.41) is 4.29. The van der Waals surface area contributed by atoms with Crippen molar-refractivity contribution in [3.8, 4) is 12.3 Å². The van der Waals surface area contributed by atoms with E-state index in [0.717, 1.165) is 28.5 Å². The van der Waals surface area contributed by atoms with E-state index < -0.39 is 0 Å². The molecule has 0 aliphatic heterocycles. The molecule has 0 aromatic carbocycles. The number of rotatable bonds is 2. The first-order valence-electron chi connectivity index (χ1n) is 6.50. The number of carbonyl (C=O) groups excluding carboxylic acids is 1. The van der Waals surface area contributed by atoms with Crippen molar-refractivity contribution in [1.29, 1.82) is 0 Å². The van der Waals surface area contributed by atoms with Gasteiger partial charge in [-0.05, 0) is 34.7 Å². The number of aromatic nitrogens is 1. The lowest BCUT2D eigenvalue weighted by molar-refractivity contribution is -0.120. The molecule has 1 saturated carbocycles. The second kappa shape index (κ2) is 5.29. The zero-order chi connectivity index (χ0) is 14.1. The molecule has 1 fully saturated rings. The standard InChI is InChI=1S/C15H13BrN2O2/c1-2-11-7-12-13(20-11)8-17-15(14(12)16)18-9-3-5-10(19)6-4-9/h1,7-9H,3-6H2,(H,17,18). The van der Waals surface area contributed by atoms with Crippen LogP contribution in [0.5, 0.6) is 0 Å². The molecule has 0 atom stereocenters. The monoisotopic (exact) mass is 332 g/mol. The number of nitrogens with one attached hydrogen (secondary N) is 1. The third kappa shape index (κ3) is 2.44. The molecule has 2 heterocycles. The molecule has 4 nitrogen and oxygen atoms in total. The van der Waals surface area contributed by atoms with Crippen LogP contribution in [0, 0.1) is 12.3 Å². The summed E-state index contributed by atoms with van der Waals surface area (Å²) in [6, 6.07) is 2.10. The van der Waals surface area contributed by atoms with Crippen LogP contribution in [0.15, 0.2) is 21.2 Å². The Hall–Kier alpha value is -1.80. The number of nitrogens with zero attached hydrogens (tertiary/aromatic N) is 1. The van der Waals surface area contributed by atoms with Crippen molar-refractivity contribution in [3.63, 3.8) is 0 Å². The summed E-state index contributed by atoms with van der Waals surface area (Å²) in [5.41, 5.74) is 0.661. The maximum atomic E-state index is 11.3. The van der Waals surface area contributed by atoms with Crippen LogP contribution in [0.4, 0.5) is 5.82 Å². The van der Waals surface area contributed by atoms with Crippen LogP contribution < -0.4 is 5.32 Å². The number of carbonyl (C=O) groups is 1. The maximum Gasteiger partial charge on any atom is 0.178 e. The molecule has 1 N–H and O–H groups in total. The summed E-state index contributed by atoms with van der Waals surface area (Å²) in [5.74, 6) is 4.08. The summed E-state index contributed by atoms with van der Waals surface area (Å²) in [7, 11) is 0. The van der Waals surface area contributed by atoms with Gasteiger partial charge in [-0.2, -0.15) is 0 Å². The summed E-state index contributed by atoms with van der Waals surface area (Å²) in [6.45, 7) is 0. The summed E-state index contributed by atoms with van der Waals surface area (Å²) >= 11 is 3.54. The van der Waals surface area contributed by atoms with Gasteiger partial charge >= 0.3 is 0 Å². The van der Waals surface area contributed by atoms with Gasteiger partial charge in [-0.1, -0.05) is 0 Å². The molecule has 0 radical (unpaired) electrons. The van der Waals surface area contributed by atoms with Crippen molar-refractivity contribution in [2.75, 3.05) is 5.32 Å². The number of anilines is 1. The van der Waals surface area contributed by atoms with E-state index in [-0.39, 0.29) is 6.04 Å². The first-order chi connectivity index (χ1) is 9.67. The van der Waals surface area contributed by atoms with E-state index >= 15 is 0 Å². The minimum absolute atomic E-state index is 0.285. The van der Waals surface area contributed by atoms with E-state index in [1.165, 1.54) is 0 Å². The lowest BCUT2D eigenvalue weighted by Crippen LogP contribution is -2.26. The van der Waals surface area contributed by atoms with Crippen LogP contribution >= 0.6 is 15.9 Å². The third-order valence-corrected chi connectivity index (χ3v) is 4.35. The molecule has 0 unspecified atom stereocenters. The smallest absolute Gasteiger partial charge is 0.178 e. The zero-order valence-electron chi connectivity index (χ0n) is 10.8. The Labute approximate surface area is 125 Å². The van der Waals surface area contributed by atoms with E-state index in [0.29, 0.717) is 30.0 Å². The van der Waals surface area contributed by atoms with Crippen molar-refractivity contribution < 1.29 is 9.21 Å². The molecule has 1 aliphatic carbocycles. The Morgan fingerprint density at radius 1 is 1.45 bits per heavy atom. The van der Waals surface area contributed by atoms with Gasteiger partial charge in [0.15, 0.2) is 11.3 Å². The Morgan fingerprint density at radius 3 is 2.90 bits per heavy atom. The van der Waals surface area contributed by atoms with E-state index in [4.69, 9.17) is 10.8 Å². The van der Waals surface area contributed by atoms with Gasteiger partial charge in [-0.3, -0.25) is 4.79 Å². The van der Waals surface area contributed by atoms with Gasteiger partial charge < -0.3 is 9.73 Å². The molecule has 20 heavy (non-hydrogen) atoms. The minimum atomic E-state index is 0.285. The van der Waals surface area contributed by atoms with Crippen LogP contribution in [0.2, 0.25) is 0 Å². The SMILES string of the molecule is C#Cc1cc2c(Br)c(NC3CCC(=O)CC3)ncc2o1. The van der Waals surface area contributed by atoms with E-state index in [9.17, 15) is 4.79 Å². The molecule has 2 aromatic rings. The summed E-state index contributed by atoms with van der Waals surface area (Å²) in [4.78, 5) is 15.6. The zero-order valence-corrected chi connectivity index (χ0v) is 12.4. The molecular formula is C15H13BrN2O2. The quantitative estimate of drug-likeness (QED) is 0.855. The second-order valence-electron chi connectivity index (χ2n) is 4.91. The van der Waals surface area contributed by atoms with Crippen LogP contribution in [-0.2, 0) is 4.79 Å². The molecule has 5 heteroatoms. The predicted molar refractivity (Wildman–Crippen MR) is 80.5 cm³/mol. The Morgan fingerprint density at radius 2 is 2.20 bits per heavy atom. The number of pyridine rings is 1. The molecule has 0 saturated heterocycles. The first kappa shape index (κ1) is 13.2. The number of fused-ring (bicyclic) bond motifs is 1. The highest BCUT2D eigenvalue weighted by Gasteiger charge is 2.20. The highest BCUT2D eigenvalue weighted by Crippen LogP contribution is 2.32. The fraction of sp³-hybridized carbons (Fsp3) is 0.333. The number of hydrogen-bond acceptors (Lipinski definition) is 4. The molecule has 0 bridgehead atoms. The van der Waals surface area contributed by atoms with E-state index in [2.05, 4.69) is 32.2 Å². The molecule has 3 rings (SSSR count). The second-order valence-corrected chi connectivity index (χ2v) is 5.70. The van der Waals surface area contributed by atoms with Gasteiger partial charge in [0.25, 0.3) is 0 Å². The summed E-state index contributed by atoms with van der Waals surface area (Å²) in [6.07, 6.45) is 9.99. The van der Waals surface area contributed by atoms with Crippen molar-refractivity contribution in [2.24, 2.45) is 0 Å². The largest absolute Gasteiger partial charge is 0.446 e. The molecule has 1 aliphatic rings. The van der Waals surface area contributed by atoms with Crippen LogP contribution in [0.1, 0.15) is 31.4 Å². The molecule has 102 valence electrons. The van der Waals surface area contributed by atoms with Crippen LogP contribution in [0.25, 0.3) is 11.0 Å². The molecule has 2 aromatic heterocycles. The third-order valence-electron chi connectivity index (χ3n) is 3.54. The van der Waals surface area contributed by atoms with Crippen LogP contribution in [-0.4, -0.2) is 16.8 Å². The normalized spacial score (nSPS) is 16.3. The van der Waals surface area contributed by atoms with E-state index in [1.807, 2.05) is 6.07 Å². The Bertz CT molecular complexity index is 704. The molecule has 0 amide bonds. The fourth-order valence-electron chi connectivity index (χ4n) is 2.43. The van der Waals surface area contributed by atoms with Gasteiger partial charge in [0.1, 0.15) is 11.6 Å². The van der Waals surface area contributed by atoms with Gasteiger partial charge in [-0.25, -0.2) is 4.98 Å². The van der Waals surface area contributed by atoms with Crippen LogP contribution in [0.3, 0.4) is 0 Å². The number of Topliss-reactive ketones (excluding diaryl/α,β-unsaturated/α-hetero) is 1. The van der Waals surface area contributed by atoms with Crippen molar-refractivity contribution >= 4 is 38.5 Å². The van der Waals surface area contributed by atoms with Gasteiger partial charge in [0.05, 0.1) is 10.7 Å². The highest BCUT2D eigenvalue weighted by molar-refractivity contribution is 9.10.